The van der Waals surface area contributed by atoms with E-state index in [1.807, 2.05) is 72.8 Å². The molecule has 0 radical (unpaired) electrons. The van der Waals surface area contributed by atoms with E-state index in [0.717, 1.165) is 28.5 Å². The van der Waals surface area contributed by atoms with Crippen LogP contribution in [-0.2, 0) is 17.9 Å². The number of nitrogens with zero attached hydrogens (tertiary/aromatic N) is 1. The van der Waals surface area contributed by atoms with E-state index in [9.17, 15) is 9.59 Å². The highest BCUT2D eigenvalue weighted by molar-refractivity contribution is 8.18. The summed E-state index contributed by atoms with van der Waals surface area (Å²) in [5.41, 5.74) is 2.85. The fourth-order valence-electron chi connectivity index (χ4n) is 3.83. The van der Waals surface area contributed by atoms with E-state index < -0.39 is 0 Å². The summed E-state index contributed by atoms with van der Waals surface area (Å²) in [6, 6.07) is 31.5. The van der Waals surface area contributed by atoms with Crippen molar-refractivity contribution in [2.75, 3.05) is 0 Å². The Bertz CT molecular complexity index is 1360. The topological polar surface area (TPSA) is 46.6 Å². The number of hydrogen-bond donors (Lipinski definition) is 0. The molecular formula is C28H21NO3S. The quantitative estimate of drug-likeness (QED) is 0.308. The Morgan fingerprint density at radius 1 is 0.818 bits per heavy atom. The minimum atomic E-state index is -0.268. The second-order valence-electron chi connectivity index (χ2n) is 7.75. The Morgan fingerprint density at radius 3 is 2.45 bits per heavy atom. The molecule has 4 aromatic carbocycles. The highest BCUT2D eigenvalue weighted by Crippen LogP contribution is 2.33. The molecule has 1 saturated heterocycles. The molecule has 0 saturated carbocycles. The molecule has 0 aromatic heterocycles. The maximum absolute atomic E-state index is 12.8. The van der Waals surface area contributed by atoms with E-state index in [1.54, 1.807) is 6.08 Å². The number of imide groups is 1. The van der Waals surface area contributed by atoms with E-state index in [4.69, 9.17) is 4.74 Å². The van der Waals surface area contributed by atoms with Gasteiger partial charge in [0.15, 0.2) is 0 Å². The summed E-state index contributed by atoms with van der Waals surface area (Å²) < 4.78 is 6.06. The predicted octanol–water partition coefficient (Wildman–Crippen LogP) is 6.66. The van der Waals surface area contributed by atoms with Crippen molar-refractivity contribution in [1.82, 2.24) is 4.90 Å². The summed E-state index contributed by atoms with van der Waals surface area (Å²) in [7, 11) is 0. The van der Waals surface area contributed by atoms with Crippen molar-refractivity contribution in [3.05, 3.63) is 119 Å². The molecule has 33 heavy (non-hydrogen) atoms. The first kappa shape index (κ1) is 21.0. The monoisotopic (exact) mass is 451 g/mol. The molecule has 1 aliphatic heterocycles. The molecule has 4 aromatic rings. The summed E-state index contributed by atoms with van der Waals surface area (Å²) in [6.07, 6.45) is 1.75. The van der Waals surface area contributed by atoms with E-state index >= 15 is 0 Å². The maximum Gasteiger partial charge on any atom is 0.293 e. The average molecular weight is 452 g/mol. The number of carbonyl (C=O) groups excluding carboxylic acids is 2. The first-order valence-electron chi connectivity index (χ1n) is 10.7. The molecule has 0 bridgehead atoms. The fraction of sp³-hybridized carbons (Fsp3) is 0.0714. The van der Waals surface area contributed by atoms with Crippen molar-refractivity contribution in [2.45, 2.75) is 13.2 Å². The molecule has 1 aliphatic rings. The Balaban J connectivity index is 1.31. The highest BCUT2D eigenvalue weighted by atomic mass is 32.2. The highest BCUT2D eigenvalue weighted by Gasteiger charge is 2.34. The molecule has 4 nitrogen and oxygen atoms in total. The van der Waals surface area contributed by atoms with E-state index in [2.05, 4.69) is 24.3 Å². The summed E-state index contributed by atoms with van der Waals surface area (Å²) in [5.74, 6) is 0.441. The molecular weight excluding hydrogens is 430 g/mol. The molecule has 0 atom stereocenters. The lowest BCUT2D eigenvalue weighted by Crippen LogP contribution is -2.27. The largest absolute Gasteiger partial charge is 0.489 e. The first-order valence-corrected chi connectivity index (χ1v) is 11.5. The standard InChI is InChI=1S/C28H21NO3S/c30-27-26(33-28(31)29(27)18-20-8-2-1-3-9-20)17-21-10-6-14-24(16-21)32-19-23-13-7-12-22-11-4-5-15-25(22)23/h1-17H,18-19H2/b26-17+. The number of carbonyl (C=O) groups is 2. The van der Waals surface area contributed by atoms with Gasteiger partial charge in [-0.15, -0.1) is 0 Å². The molecule has 2 amide bonds. The Morgan fingerprint density at radius 2 is 1.58 bits per heavy atom. The smallest absolute Gasteiger partial charge is 0.293 e. The van der Waals surface area contributed by atoms with Crippen molar-refractivity contribution in [3.63, 3.8) is 0 Å². The van der Waals surface area contributed by atoms with Gasteiger partial charge >= 0.3 is 0 Å². The van der Waals surface area contributed by atoms with Crippen molar-refractivity contribution in [3.8, 4) is 5.75 Å². The van der Waals surface area contributed by atoms with E-state index in [0.29, 0.717) is 17.3 Å². The predicted molar refractivity (Wildman–Crippen MR) is 133 cm³/mol. The van der Waals surface area contributed by atoms with Crippen LogP contribution < -0.4 is 4.74 Å². The van der Waals surface area contributed by atoms with Gasteiger partial charge in [0.1, 0.15) is 12.4 Å². The van der Waals surface area contributed by atoms with Crippen LogP contribution in [0.5, 0.6) is 5.75 Å². The van der Waals surface area contributed by atoms with Gasteiger partial charge in [-0.1, -0.05) is 84.9 Å². The van der Waals surface area contributed by atoms with E-state index in [1.165, 1.54) is 15.7 Å². The maximum atomic E-state index is 12.8. The van der Waals surface area contributed by atoms with Gasteiger partial charge in [0.2, 0.25) is 0 Å². The summed E-state index contributed by atoms with van der Waals surface area (Å²) in [6.45, 7) is 0.718. The Labute approximate surface area is 196 Å². The summed E-state index contributed by atoms with van der Waals surface area (Å²) in [5, 5.41) is 2.10. The molecule has 5 heteroatoms. The average Bonchev–Trinajstić information content (AvgIpc) is 3.11. The summed E-state index contributed by atoms with van der Waals surface area (Å²) >= 11 is 0.971. The van der Waals surface area contributed by atoms with Crippen LogP contribution in [0, 0.1) is 0 Å². The van der Waals surface area contributed by atoms with Crippen LogP contribution in [0.4, 0.5) is 4.79 Å². The number of amides is 2. The lowest BCUT2D eigenvalue weighted by Gasteiger charge is -2.12. The van der Waals surface area contributed by atoms with Gasteiger partial charge < -0.3 is 4.74 Å². The minimum absolute atomic E-state index is 0.251. The number of rotatable bonds is 6. The van der Waals surface area contributed by atoms with Crippen LogP contribution in [-0.4, -0.2) is 16.0 Å². The number of thioether (sulfide) groups is 1. The van der Waals surface area contributed by atoms with Crippen LogP contribution in [0.25, 0.3) is 16.8 Å². The third-order valence-electron chi connectivity index (χ3n) is 5.49. The normalized spacial score (nSPS) is 14.9. The SMILES string of the molecule is O=C1S/C(=C/c2cccc(OCc3cccc4ccccc34)c2)C(=O)N1Cc1ccccc1. The van der Waals surface area contributed by atoms with Crippen LogP contribution in [0.2, 0.25) is 0 Å². The molecule has 5 rings (SSSR count). The van der Waals surface area contributed by atoms with Crippen molar-refractivity contribution >= 4 is 39.8 Å². The second-order valence-corrected chi connectivity index (χ2v) is 8.75. The lowest BCUT2D eigenvalue weighted by molar-refractivity contribution is -0.123. The van der Waals surface area contributed by atoms with Crippen molar-refractivity contribution in [1.29, 1.82) is 0 Å². The first-order chi connectivity index (χ1) is 16.2. The van der Waals surface area contributed by atoms with Gasteiger partial charge in [-0.3, -0.25) is 14.5 Å². The lowest BCUT2D eigenvalue weighted by atomic mass is 10.1. The molecule has 0 N–H and O–H groups in total. The molecule has 0 aliphatic carbocycles. The zero-order valence-electron chi connectivity index (χ0n) is 17.8. The van der Waals surface area contributed by atoms with Crippen LogP contribution in [0.1, 0.15) is 16.7 Å². The second kappa shape index (κ2) is 9.35. The van der Waals surface area contributed by atoms with Gasteiger partial charge in [-0.2, -0.15) is 0 Å². The van der Waals surface area contributed by atoms with E-state index in [-0.39, 0.29) is 17.7 Å². The number of benzene rings is 4. The number of ether oxygens (including phenoxy) is 1. The molecule has 1 fully saturated rings. The Hall–Kier alpha value is -3.83. The molecule has 162 valence electrons. The van der Waals surface area contributed by atoms with Gasteiger partial charge in [-0.05, 0) is 57.4 Å². The van der Waals surface area contributed by atoms with Gasteiger partial charge in [0.05, 0.1) is 11.4 Å². The van der Waals surface area contributed by atoms with Crippen LogP contribution in [0.3, 0.4) is 0 Å². The van der Waals surface area contributed by atoms with Crippen LogP contribution >= 0.6 is 11.8 Å². The van der Waals surface area contributed by atoms with Gasteiger partial charge in [0, 0.05) is 0 Å². The Kier molecular flexibility index (Phi) is 5.96. The van der Waals surface area contributed by atoms with Crippen LogP contribution in [0.15, 0.2) is 102 Å². The van der Waals surface area contributed by atoms with Gasteiger partial charge in [-0.25, -0.2) is 0 Å². The van der Waals surface area contributed by atoms with Crippen molar-refractivity contribution < 1.29 is 14.3 Å². The third kappa shape index (κ3) is 4.69. The molecule has 0 spiro atoms. The zero-order valence-corrected chi connectivity index (χ0v) is 18.6. The minimum Gasteiger partial charge on any atom is -0.489 e. The third-order valence-corrected chi connectivity index (χ3v) is 6.39. The zero-order chi connectivity index (χ0) is 22.6. The summed E-state index contributed by atoms with van der Waals surface area (Å²) in [4.78, 5) is 27.0. The number of hydrogen-bond acceptors (Lipinski definition) is 4. The molecule has 0 unspecified atom stereocenters. The fourth-order valence-corrected chi connectivity index (χ4v) is 4.67. The van der Waals surface area contributed by atoms with Crippen molar-refractivity contribution in [2.24, 2.45) is 0 Å². The molecule has 1 heterocycles. The van der Waals surface area contributed by atoms with Gasteiger partial charge in [0.25, 0.3) is 11.1 Å². The number of fused-ring (bicyclic) bond motifs is 1.